The Morgan fingerprint density at radius 1 is 1.07 bits per heavy atom. The highest BCUT2D eigenvalue weighted by Gasteiger charge is 2.40. The zero-order chi connectivity index (χ0) is 29.7. The number of benzene rings is 3. The van der Waals surface area contributed by atoms with Gasteiger partial charge in [0, 0.05) is 41.2 Å². The average molecular weight is 598 g/mol. The summed E-state index contributed by atoms with van der Waals surface area (Å²) in [6, 6.07) is 18.4. The summed E-state index contributed by atoms with van der Waals surface area (Å²) in [4.78, 5) is 13.7. The van der Waals surface area contributed by atoms with E-state index in [9.17, 15) is 4.79 Å². The molecule has 0 bridgehead atoms. The molecule has 43 heavy (non-hydrogen) atoms. The van der Waals surface area contributed by atoms with Crippen LogP contribution in [0.1, 0.15) is 47.2 Å². The van der Waals surface area contributed by atoms with Gasteiger partial charge in [0.15, 0.2) is 0 Å². The summed E-state index contributed by atoms with van der Waals surface area (Å²) in [7, 11) is 1.95. The Hall–Kier alpha value is -3.81. The molecule has 0 saturated heterocycles. The third-order valence-corrected chi connectivity index (χ3v) is 9.35. The summed E-state index contributed by atoms with van der Waals surface area (Å²) in [5.74, 6) is 1.46. The Morgan fingerprint density at radius 3 is 2.77 bits per heavy atom. The molecule has 0 amide bonds. The van der Waals surface area contributed by atoms with E-state index in [2.05, 4.69) is 35.8 Å². The monoisotopic (exact) mass is 597 g/mol. The minimum absolute atomic E-state index is 0.294. The molecule has 7 rings (SSSR count). The number of halogens is 1. The molecule has 1 fully saturated rings. The molecular formula is C35H36ClN3O4. The van der Waals surface area contributed by atoms with Crippen molar-refractivity contribution in [2.45, 2.75) is 46.3 Å². The average Bonchev–Trinajstić information content (AvgIpc) is 3.59. The van der Waals surface area contributed by atoms with Gasteiger partial charge in [-0.2, -0.15) is 5.10 Å². The molecule has 7 nitrogen and oxygen atoms in total. The van der Waals surface area contributed by atoms with Crippen molar-refractivity contribution in [2.75, 3.05) is 19.8 Å². The fraction of sp³-hybridized carbons (Fsp3) is 0.371. The van der Waals surface area contributed by atoms with E-state index in [4.69, 9.17) is 30.9 Å². The summed E-state index contributed by atoms with van der Waals surface area (Å²) < 4.78 is 22.2. The summed E-state index contributed by atoms with van der Waals surface area (Å²) in [6.07, 6.45) is 2.48. The van der Waals surface area contributed by atoms with Crippen LogP contribution >= 0.6 is 11.6 Å². The smallest absolute Gasteiger partial charge is 0.355 e. The molecule has 2 unspecified atom stereocenters. The van der Waals surface area contributed by atoms with E-state index in [-0.39, 0.29) is 5.97 Å². The molecule has 2 aromatic heterocycles. The van der Waals surface area contributed by atoms with Gasteiger partial charge in [-0.25, -0.2) is 4.79 Å². The molecule has 222 valence electrons. The molecule has 1 aliphatic heterocycles. The molecule has 8 heteroatoms. The molecule has 0 spiro atoms. The summed E-state index contributed by atoms with van der Waals surface area (Å²) in [5.41, 5.74) is 6.35. The molecule has 1 saturated carbocycles. The van der Waals surface area contributed by atoms with Crippen molar-refractivity contribution in [3.8, 4) is 16.9 Å². The molecular weight excluding hydrogens is 562 g/mol. The lowest BCUT2D eigenvalue weighted by molar-refractivity contribution is 0.0512. The highest BCUT2D eigenvalue weighted by molar-refractivity contribution is 6.35. The second kappa shape index (κ2) is 11.4. The maximum Gasteiger partial charge on any atom is 0.355 e. The van der Waals surface area contributed by atoms with Gasteiger partial charge >= 0.3 is 5.97 Å². The fourth-order valence-corrected chi connectivity index (χ4v) is 6.98. The first kappa shape index (κ1) is 28.0. The Morgan fingerprint density at radius 2 is 1.91 bits per heavy atom. The largest absolute Gasteiger partial charge is 0.493 e. The molecule has 1 aliphatic carbocycles. The third kappa shape index (κ3) is 4.98. The number of hydrogen-bond donors (Lipinski definition) is 0. The van der Waals surface area contributed by atoms with Gasteiger partial charge in [-0.15, -0.1) is 0 Å². The number of hydrogen-bond acceptors (Lipinski definition) is 5. The predicted molar refractivity (Wildman–Crippen MR) is 169 cm³/mol. The van der Waals surface area contributed by atoms with Crippen LogP contribution in [-0.4, -0.2) is 40.1 Å². The molecule has 2 atom stereocenters. The van der Waals surface area contributed by atoms with Crippen molar-refractivity contribution in [2.24, 2.45) is 18.9 Å². The van der Waals surface area contributed by atoms with E-state index in [1.54, 1.807) is 0 Å². The van der Waals surface area contributed by atoms with E-state index >= 15 is 0 Å². The maximum atomic E-state index is 13.7. The van der Waals surface area contributed by atoms with Crippen LogP contribution in [-0.2, 0) is 36.1 Å². The first-order valence-electron chi connectivity index (χ1n) is 15.2. The molecule has 2 aliphatic rings. The van der Waals surface area contributed by atoms with Crippen molar-refractivity contribution in [3.05, 3.63) is 82.3 Å². The zero-order valence-electron chi connectivity index (χ0n) is 24.9. The quantitative estimate of drug-likeness (QED) is 0.143. The lowest BCUT2D eigenvalue weighted by atomic mass is 9.98. The number of aryl methyl sites for hydroxylation is 2. The van der Waals surface area contributed by atoms with Crippen molar-refractivity contribution >= 4 is 39.2 Å². The summed E-state index contributed by atoms with van der Waals surface area (Å²) >= 11 is 7.04. The molecule has 3 aromatic carbocycles. The van der Waals surface area contributed by atoms with Crippen LogP contribution in [0.5, 0.6) is 5.75 Å². The van der Waals surface area contributed by atoms with Gasteiger partial charge in [-0.05, 0) is 68.0 Å². The van der Waals surface area contributed by atoms with Gasteiger partial charge in [-0.3, -0.25) is 4.68 Å². The lowest BCUT2D eigenvalue weighted by Gasteiger charge is -2.14. The normalized spacial score (nSPS) is 17.8. The fourth-order valence-electron chi connectivity index (χ4n) is 6.73. The number of rotatable bonds is 7. The van der Waals surface area contributed by atoms with Crippen LogP contribution in [0.3, 0.4) is 0 Å². The number of ether oxygens (including phenoxy) is 3. The predicted octanol–water partition coefficient (Wildman–Crippen LogP) is 7.51. The highest BCUT2D eigenvalue weighted by atomic mass is 35.5. The molecule has 0 N–H and O–H groups in total. The molecule has 5 aromatic rings. The van der Waals surface area contributed by atoms with Gasteiger partial charge in [0.05, 0.1) is 42.7 Å². The van der Waals surface area contributed by atoms with E-state index in [0.29, 0.717) is 61.9 Å². The van der Waals surface area contributed by atoms with Gasteiger partial charge in [0.1, 0.15) is 11.4 Å². The Balaban J connectivity index is 1.33. The van der Waals surface area contributed by atoms with E-state index in [1.807, 2.05) is 49.0 Å². The number of carbonyl (C=O) groups excluding carboxylic acids is 1. The Kier molecular flexibility index (Phi) is 7.39. The lowest BCUT2D eigenvalue weighted by Crippen LogP contribution is -2.16. The molecule has 0 radical (unpaired) electrons. The van der Waals surface area contributed by atoms with Gasteiger partial charge in [0.25, 0.3) is 0 Å². The second-order valence-electron chi connectivity index (χ2n) is 11.7. The number of nitrogens with zero attached hydrogens (tertiary/aromatic N) is 3. The molecule has 3 heterocycles. The topological polar surface area (TPSA) is 67.5 Å². The van der Waals surface area contributed by atoms with Crippen LogP contribution in [0.25, 0.3) is 32.8 Å². The minimum atomic E-state index is -0.294. The van der Waals surface area contributed by atoms with Crippen LogP contribution in [0.15, 0.2) is 54.6 Å². The van der Waals surface area contributed by atoms with Gasteiger partial charge in [-0.1, -0.05) is 54.1 Å². The highest BCUT2D eigenvalue weighted by Crippen LogP contribution is 2.47. The zero-order valence-corrected chi connectivity index (χ0v) is 25.6. The third-order valence-electron chi connectivity index (χ3n) is 9.04. The Labute approximate surface area is 256 Å². The van der Waals surface area contributed by atoms with Gasteiger partial charge < -0.3 is 18.8 Å². The maximum absolute atomic E-state index is 13.7. The first-order valence-corrected chi connectivity index (χ1v) is 15.6. The number of esters is 1. The summed E-state index contributed by atoms with van der Waals surface area (Å²) in [5, 5.41) is 8.73. The number of carbonyl (C=O) groups is 1. The standard InChI is InChI=1S/C35H36ClN3O4/c1-4-42-35(40)34-26(12-8-16-43-30-13-7-10-22-9-5-6-11-25(22)30)27-14-15-28(36)32-31-21(2)38(3)37-29(31)20-41-19-24-17-23(24)18-39(34)33(27)32/h5-7,9-11,13-15,23-24H,4,8,12,16-20H2,1-3H3. The van der Waals surface area contributed by atoms with Crippen molar-refractivity contribution in [1.82, 2.24) is 14.3 Å². The van der Waals surface area contributed by atoms with E-state index in [0.717, 1.165) is 68.3 Å². The Bertz CT molecular complexity index is 1850. The van der Waals surface area contributed by atoms with Crippen LogP contribution < -0.4 is 4.74 Å². The van der Waals surface area contributed by atoms with Gasteiger partial charge in [0.2, 0.25) is 0 Å². The van der Waals surface area contributed by atoms with Crippen molar-refractivity contribution < 1.29 is 19.0 Å². The number of aromatic nitrogens is 3. The summed E-state index contributed by atoms with van der Waals surface area (Å²) in [6.45, 7) is 6.57. The van der Waals surface area contributed by atoms with E-state index in [1.165, 1.54) is 0 Å². The number of fused-ring (bicyclic) bond motifs is 4. The van der Waals surface area contributed by atoms with Crippen molar-refractivity contribution in [1.29, 1.82) is 0 Å². The second-order valence-corrected chi connectivity index (χ2v) is 12.1. The SMILES string of the molecule is CCOC(=O)c1c(CCCOc2cccc3ccccc23)c2ccc(Cl)c3c2n1CC1CC1COCc1nn(C)c(C)c1-3. The van der Waals surface area contributed by atoms with Crippen LogP contribution in [0.4, 0.5) is 0 Å². The first-order chi connectivity index (χ1) is 21.0. The van der Waals surface area contributed by atoms with Crippen LogP contribution in [0, 0.1) is 18.8 Å². The van der Waals surface area contributed by atoms with E-state index < -0.39 is 0 Å². The van der Waals surface area contributed by atoms with Crippen LogP contribution in [0.2, 0.25) is 5.02 Å². The van der Waals surface area contributed by atoms with Crippen molar-refractivity contribution in [3.63, 3.8) is 0 Å². The minimum Gasteiger partial charge on any atom is -0.493 e.